The molecule has 0 unspecified atom stereocenters. The van der Waals surface area contributed by atoms with Crippen molar-refractivity contribution in [1.82, 2.24) is 19.6 Å². The Morgan fingerprint density at radius 1 is 1.29 bits per heavy atom. The summed E-state index contributed by atoms with van der Waals surface area (Å²) in [6.45, 7) is 3.80. The van der Waals surface area contributed by atoms with Crippen molar-refractivity contribution in [3.05, 3.63) is 51.5 Å². The lowest BCUT2D eigenvalue weighted by molar-refractivity contribution is -0.385. The summed E-state index contributed by atoms with van der Waals surface area (Å²) in [6, 6.07) is 6.79. The monoisotopic (exact) mass is 345 g/mol. The Labute approximate surface area is 142 Å². The first kappa shape index (κ1) is 16.2. The van der Waals surface area contributed by atoms with Gasteiger partial charge < -0.3 is 4.74 Å². The van der Waals surface area contributed by atoms with E-state index in [0.717, 1.165) is 22.7 Å². The van der Waals surface area contributed by atoms with Crippen molar-refractivity contribution < 1.29 is 9.66 Å². The summed E-state index contributed by atoms with van der Waals surface area (Å²) in [6.07, 6.45) is 0. The van der Waals surface area contributed by atoms with Crippen molar-refractivity contribution in [1.29, 1.82) is 0 Å². The van der Waals surface area contributed by atoms with Crippen molar-refractivity contribution in [3.8, 4) is 5.75 Å². The molecule has 24 heavy (non-hydrogen) atoms. The average Bonchev–Trinajstić information content (AvgIpc) is 2.95. The van der Waals surface area contributed by atoms with E-state index in [2.05, 4.69) is 15.2 Å². The second-order valence-electron chi connectivity index (χ2n) is 5.17. The van der Waals surface area contributed by atoms with Crippen LogP contribution < -0.4 is 4.74 Å². The van der Waals surface area contributed by atoms with Crippen LogP contribution in [0.5, 0.6) is 5.75 Å². The number of nitrogens with zero attached hydrogens (tertiary/aromatic N) is 5. The van der Waals surface area contributed by atoms with Gasteiger partial charge in [-0.05, 0) is 25.5 Å². The van der Waals surface area contributed by atoms with Gasteiger partial charge in [0.2, 0.25) is 0 Å². The first-order valence-corrected chi connectivity index (χ1v) is 8.11. The largest absolute Gasteiger partial charge is 0.490 e. The molecule has 124 valence electrons. The van der Waals surface area contributed by atoms with E-state index in [1.165, 1.54) is 24.9 Å². The number of fused-ring (bicyclic) bond motifs is 1. The zero-order valence-corrected chi connectivity index (χ0v) is 14.2. The lowest BCUT2D eigenvalue weighted by atomic mass is 10.2. The third-order valence-electron chi connectivity index (χ3n) is 3.47. The van der Waals surface area contributed by atoms with Gasteiger partial charge in [0.15, 0.2) is 16.6 Å². The number of aromatic nitrogens is 4. The third kappa shape index (κ3) is 3.02. The number of methoxy groups -OCH3 is 1. The molecular formula is C15H15N5O3S. The van der Waals surface area contributed by atoms with E-state index in [0.29, 0.717) is 10.9 Å². The standard InChI is InChI=1S/C15H15N5O3S/c1-9-6-14-17-18-15(19(14)10(2)16-9)24-8-11-4-5-13(23-3)12(7-11)20(21)22/h4-7H,8H2,1-3H3. The van der Waals surface area contributed by atoms with Gasteiger partial charge in [-0.15, -0.1) is 10.2 Å². The quantitative estimate of drug-likeness (QED) is 0.398. The highest BCUT2D eigenvalue weighted by atomic mass is 32.2. The van der Waals surface area contributed by atoms with Crippen molar-refractivity contribution in [3.63, 3.8) is 0 Å². The summed E-state index contributed by atoms with van der Waals surface area (Å²) < 4.78 is 6.88. The second-order valence-corrected chi connectivity index (χ2v) is 6.12. The normalized spacial score (nSPS) is 11.0. The van der Waals surface area contributed by atoms with Crippen LogP contribution in [0.2, 0.25) is 0 Å². The van der Waals surface area contributed by atoms with E-state index in [-0.39, 0.29) is 11.4 Å². The fourth-order valence-electron chi connectivity index (χ4n) is 2.41. The fraction of sp³-hybridized carbons (Fsp3) is 0.267. The minimum atomic E-state index is -0.448. The van der Waals surface area contributed by atoms with Crippen LogP contribution in [0, 0.1) is 24.0 Å². The maximum Gasteiger partial charge on any atom is 0.311 e. The molecule has 0 aliphatic rings. The highest BCUT2D eigenvalue weighted by Gasteiger charge is 2.16. The molecule has 2 aromatic heterocycles. The van der Waals surface area contributed by atoms with Gasteiger partial charge >= 0.3 is 5.69 Å². The van der Waals surface area contributed by atoms with Gasteiger partial charge in [-0.2, -0.15) is 0 Å². The molecule has 3 rings (SSSR count). The number of hydrogen-bond donors (Lipinski definition) is 0. The van der Waals surface area contributed by atoms with Crippen molar-refractivity contribution in [2.45, 2.75) is 24.8 Å². The van der Waals surface area contributed by atoms with Crippen LogP contribution in [-0.2, 0) is 5.75 Å². The predicted octanol–water partition coefficient (Wildman–Crippen LogP) is 2.95. The van der Waals surface area contributed by atoms with E-state index in [1.54, 1.807) is 12.1 Å². The molecular weight excluding hydrogens is 330 g/mol. The van der Waals surface area contributed by atoms with Crippen LogP contribution in [0.25, 0.3) is 5.65 Å². The first-order chi connectivity index (χ1) is 11.5. The topological polar surface area (TPSA) is 95.5 Å². The molecule has 8 nitrogen and oxygen atoms in total. The number of nitro groups is 1. The van der Waals surface area contributed by atoms with E-state index < -0.39 is 4.92 Å². The summed E-state index contributed by atoms with van der Waals surface area (Å²) in [5.74, 6) is 1.58. The minimum absolute atomic E-state index is 0.0461. The predicted molar refractivity (Wildman–Crippen MR) is 89.5 cm³/mol. The van der Waals surface area contributed by atoms with Gasteiger partial charge in [0.05, 0.1) is 12.0 Å². The molecule has 9 heteroatoms. The lowest BCUT2D eigenvalue weighted by Gasteiger charge is -2.06. The molecule has 0 saturated carbocycles. The third-order valence-corrected chi connectivity index (χ3v) is 4.47. The molecule has 0 saturated heterocycles. The molecule has 0 atom stereocenters. The molecule has 1 aromatic carbocycles. The molecule has 0 radical (unpaired) electrons. The number of aryl methyl sites for hydroxylation is 2. The number of benzene rings is 1. The molecule has 0 bridgehead atoms. The maximum absolute atomic E-state index is 11.1. The summed E-state index contributed by atoms with van der Waals surface area (Å²) >= 11 is 1.45. The Morgan fingerprint density at radius 2 is 2.08 bits per heavy atom. The second kappa shape index (κ2) is 6.44. The fourth-order valence-corrected chi connectivity index (χ4v) is 3.34. The molecule has 0 aliphatic carbocycles. The van der Waals surface area contributed by atoms with Gasteiger partial charge in [0, 0.05) is 23.6 Å². The number of nitro benzene ring substituents is 1. The Balaban J connectivity index is 1.86. The molecule has 0 fully saturated rings. The molecule has 0 N–H and O–H groups in total. The Hall–Kier alpha value is -2.68. The zero-order valence-electron chi connectivity index (χ0n) is 13.4. The summed E-state index contributed by atoms with van der Waals surface area (Å²) in [4.78, 5) is 15.1. The SMILES string of the molecule is COc1ccc(CSc2nnc3cc(C)nc(C)n23)cc1[N+](=O)[O-]. The summed E-state index contributed by atoms with van der Waals surface area (Å²) in [5, 5.41) is 20.1. The summed E-state index contributed by atoms with van der Waals surface area (Å²) in [7, 11) is 1.41. The van der Waals surface area contributed by atoms with E-state index in [4.69, 9.17) is 4.74 Å². The van der Waals surface area contributed by atoms with E-state index >= 15 is 0 Å². The van der Waals surface area contributed by atoms with E-state index in [9.17, 15) is 10.1 Å². The van der Waals surface area contributed by atoms with Gasteiger partial charge in [-0.1, -0.05) is 17.8 Å². The molecule has 0 aliphatic heterocycles. The average molecular weight is 345 g/mol. The maximum atomic E-state index is 11.1. The molecule has 2 heterocycles. The Morgan fingerprint density at radius 3 is 2.79 bits per heavy atom. The van der Waals surface area contributed by atoms with Crippen LogP contribution >= 0.6 is 11.8 Å². The highest BCUT2D eigenvalue weighted by molar-refractivity contribution is 7.98. The van der Waals surface area contributed by atoms with Crippen LogP contribution in [0.1, 0.15) is 17.1 Å². The van der Waals surface area contributed by atoms with Crippen LogP contribution in [0.4, 0.5) is 5.69 Å². The number of thioether (sulfide) groups is 1. The molecule has 0 amide bonds. The number of rotatable bonds is 5. The van der Waals surface area contributed by atoms with Gasteiger partial charge in [-0.3, -0.25) is 14.5 Å². The van der Waals surface area contributed by atoms with Gasteiger partial charge in [0.1, 0.15) is 5.82 Å². The molecule has 3 aromatic rings. The van der Waals surface area contributed by atoms with Gasteiger partial charge in [0.25, 0.3) is 0 Å². The van der Waals surface area contributed by atoms with Crippen molar-refractivity contribution in [2.75, 3.05) is 7.11 Å². The highest BCUT2D eigenvalue weighted by Crippen LogP contribution is 2.30. The first-order valence-electron chi connectivity index (χ1n) is 7.13. The van der Waals surface area contributed by atoms with Gasteiger partial charge in [-0.25, -0.2) is 4.98 Å². The Kier molecular flexibility index (Phi) is 4.34. The molecule has 0 spiro atoms. The van der Waals surface area contributed by atoms with E-state index in [1.807, 2.05) is 24.3 Å². The van der Waals surface area contributed by atoms with Crippen molar-refractivity contribution >= 4 is 23.1 Å². The Bertz CT molecular complexity index is 925. The number of ether oxygens (including phenoxy) is 1. The minimum Gasteiger partial charge on any atom is -0.490 e. The lowest BCUT2D eigenvalue weighted by Crippen LogP contribution is -1.99. The smallest absolute Gasteiger partial charge is 0.311 e. The summed E-state index contributed by atoms with van der Waals surface area (Å²) in [5.41, 5.74) is 2.38. The van der Waals surface area contributed by atoms with Crippen LogP contribution in [0.3, 0.4) is 0 Å². The van der Waals surface area contributed by atoms with Crippen LogP contribution in [0.15, 0.2) is 29.4 Å². The van der Waals surface area contributed by atoms with Crippen molar-refractivity contribution in [2.24, 2.45) is 0 Å². The van der Waals surface area contributed by atoms with Crippen LogP contribution in [-0.4, -0.2) is 31.6 Å². The zero-order chi connectivity index (χ0) is 17.3. The number of hydrogen-bond acceptors (Lipinski definition) is 7.